The summed E-state index contributed by atoms with van der Waals surface area (Å²) in [5.74, 6) is 2.72. The minimum Gasteiger partial charge on any atom is -0.494 e. The quantitative estimate of drug-likeness (QED) is 0.517. The zero-order chi connectivity index (χ0) is 19.3. The fourth-order valence-electron chi connectivity index (χ4n) is 5.91. The molecule has 4 fully saturated rings. The lowest BCUT2D eigenvalue weighted by molar-refractivity contribution is -0.0191. The first-order chi connectivity index (χ1) is 13.5. The van der Waals surface area contributed by atoms with E-state index in [9.17, 15) is 9.18 Å². The zero-order valence-electron chi connectivity index (χ0n) is 15.8. The summed E-state index contributed by atoms with van der Waals surface area (Å²) in [4.78, 5) is 12.4. The molecule has 0 amide bonds. The maximum absolute atomic E-state index is 13.8. The Labute approximate surface area is 167 Å². The highest BCUT2D eigenvalue weighted by molar-refractivity contribution is 7.99. The molecule has 1 heterocycles. The summed E-state index contributed by atoms with van der Waals surface area (Å²) < 4.78 is 24.7. The number of carbonyl (C=O) groups is 1. The lowest BCUT2D eigenvalue weighted by Crippen LogP contribution is -2.48. The number of benzene rings is 1. The van der Waals surface area contributed by atoms with Crippen LogP contribution >= 0.6 is 11.8 Å². The van der Waals surface area contributed by atoms with Gasteiger partial charge in [0.2, 0.25) is 5.89 Å². The average Bonchev–Trinajstić information content (AvgIpc) is 3.15. The van der Waals surface area contributed by atoms with Gasteiger partial charge in [-0.05, 0) is 74.5 Å². The highest BCUT2D eigenvalue weighted by Gasteiger charge is 2.54. The van der Waals surface area contributed by atoms with Gasteiger partial charge in [-0.3, -0.25) is 4.79 Å². The van der Waals surface area contributed by atoms with E-state index in [1.807, 2.05) is 0 Å². The van der Waals surface area contributed by atoms with Crippen LogP contribution in [0.5, 0.6) is 5.75 Å². The van der Waals surface area contributed by atoms with E-state index in [4.69, 9.17) is 9.15 Å². The Balaban J connectivity index is 1.26. The molecule has 4 aliphatic carbocycles. The predicted molar refractivity (Wildman–Crippen MR) is 102 cm³/mol. The van der Waals surface area contributed by atoms with Crippen molar-refractivity contribution in [1.82, 2.24) is 10.2 Å². The third-order valence-electron chi connectivity index (χ3n) is 6.70. The Kier molecular flexibility index (Phi) is 4.45. The van der Waals surface area contributed by atoms with Crippen LogP contribution in [0, 0.1) is 23.6 Å². The molecule has 4 bridgehead atoms. The third kappa shape index (κ3) is 3.13. The van der Waals surface area contributed by atoms with Gasteiger partial charge in [-0.2, -0.15) is 0 Å². The van der Waals surface area contributed by atoms with Crippen molar-refractivity contribution in [2.45, 2.75) is 49.2 Å². The standard InChI is InChI=1S/C21H23FN2O3S/c1-26-18-3-2-15(7-16(18)22)17(25)11-28-20-24-23-19(27-20)21-8-12-4-13(9-21)6-14(5-12)10-21/h2-3,7,12-14H,4-6,8-11H2,1H3. The highest BCUT2D eigenvalue weighted by atomic mass is 32.2. The lowest BCUT2D eigenvalue weighted by Gasteiger charge is -2.55. The second-order valence-corrected chi connectivity index (χ2v) is 9.56. The van der Waals surface area contributed by atoms with E-state index in [-0.39, 0.29) is 22.7 Å². The van der Waals surface area contributed by atoms with Crippen molar-refractivity contribution in [2.75, 3.05) is 12.9 Å². The number of ether oxygens (including phenoxy) is 1. The van der Waals surface area contributed by atoms with Gasteiger partial charge in [0.15, 0.2) is 17.3 Å². The van der Waals surface area contributed by atoms with Crippen LogP contribution in [0.2, 0.25) is 0 Å². The topological polar surface area (TPSA) is 65.2 Å². The summed E-state index contributed by atoms with van der Waals surface area (Å²) in [7, 11) is 1.40. The molecule has 0 N–H and O–H groups in total. The van der Waals surface area contributed by atoms with Gasteiger partial charge < -0.3 is 9.15 Å². The first kappa shape index (κ1) is 18.2. The molecule has 0 radical (unpaired) electrons. The number of carbonyl (C=O) groups excluding carboxylic acids is 1. The summed E-state index contributed by atoms with van der Waals surface area (Å²) in [6.45, 7) is 0. The SMILES string of the molecule is COc1ccc(C(=O)CSc2nnc(C34CC5CC(CC(C5)C3)C4)o2)cc1F. The van der Waals surface area contributed by atoms with Crippen molar-refractivity contribution in [1.29, 1.82) is 0 Å². The second kappa shape index (κ2) is 6.87. The molecular formula is C21H23FN2O3S. The smallest absolute Gasteiger partial charge is 0.277 e. The fourth-order valence-corrected chi connectivity index (χ4v) is 6.56. The molecule has 4 saturated carbocycles. The maximum Gasteiger partial charge on any atom is 0.277 e. The molecule has 1 aromatic heterocycles. The molecule has 2 aromatic rings. The summed E-state index contributed by atoms with van der Waals surface area (Å²) >= 11 is 1.22. The van der Waals surface area contributed by atoms with Crippen LogP contribution in [0.1, 0.15) is 54.8 Å². The van der Waals surface area contributed by atoms with Gasteiger partial charge in [0.25, 0.3) is 5.22 Å². The van der Waals surface area contributed by atoms with E-state index in [1.165, 1.54) is 50.3 Å². The van der Waals surface area contributed by atoms with E-state index < -0.39 is 5.82 Å². The first-order valence-corrected chi connectivity index (χ1v) is 10.9. The molecular weight excluding hydrogens is 379 g/mol. The summed E-state index contributed by atoms with van der Waals surface area (Å²) in [6.07, 6.45) is 7.58. The van der Waals surface area contributed by atoms with E-state index in [0.717, 1.165) is 42.9 Å². The summed E-state index contributed by atoms with van der Waals surface area (Å²) in [6, 6.07) is 4.24. The van der Waals surface area contributed by atoms with Crippen LogP contribution in [0.3, 0.4) is 0 Å². The minimum atomic E-state index is -0.541. The molecule has 0 aliphatic heterocycles. The minimum absolute atomic E-state index is 0.0592. The van der Waals surface area contributed by atoms with Gasteiger partial charge in [-0.1, -0.05) is 11.8 Å². The van der Waals surface area contributed by atoms with Gasteiger partial charge in [0, 0.05) is 11.0 Å². The van der Waals surface area contributed by atoms with Crippen molar-refractivity contribution in [3.05, 3.63) is 35.5 Å². The van der Waals surface area contributed by atoms with E-state index in [0.29, 0.717) is 10.8 Å². The van der Waals surface area contributed by atoms with E-state index in [1.54, 1.807) is 6.07 Å². The number of Topliss-reactive ketones (excluding diaryl/α,β-unsaturated/α-hetero) is 1. The van der Waals surface area contributed by atoms with E-state index in [2.05, 4.69) is 10.2 Å². The number of methoxy groups -OCH3 is 1. The van der Waals surface area contributed by atoms with Gasteiger partial charge in [-0.25, -0.2) is 4.39 Å². The second-order valence-electron chi connectivity index (χ2n) is 8.63. The highest BCUT2D eigenvalue weighted by Crippen LogP contribution is 2.60. The molecule has 28 heavy (non-hydrogen) atoms. The number of ketones is 1. The lowest BCUT2D eigenvalue weighted by atomic mass is 9.49. The number of hydrogen-bond donors (Lipinski definition) is 0. The monoisotopic (exact) mass is 402 g/mol. The van der Waals surface area contributed by atoms with Crippen LogP contribution in [0.25, 0.3) is 0 Å². The largest absolute Gasteiger partial charge is 0.494 e. The third-order valence-corrected chi connectivity index (χ3v) is 7.52. The Bertz CT molecular complexity index is 878. The van der Waals surface area contributed by atoms with Gasteiger partial charge >= 0.3 is 0 Å². The molecule has 1 aromatic carbocycles. The maximum atomic E-state index is 13.8. The summed E-state index contributed by atoms with van der Waals surface area (Å²) in [5, 5.41) is 8.98. The molecule has 6 rings (SSSR count). The number of hydrogen-bond acceptors (Lipinski definition) is 6. The van der Waals surface area contributed by atoms with Crippen molar-refractivity contribution < 1.29 is 18.3 Å². The molecule has 0 spiro atoms. The van der Waals surface area contributed by atoms with Crippen molar-refractivity contribution in [3.8, 4) is 5.75 Å². The molecule has 0 atom stereocenters. The number of rotatable bonds is 6. The Morgan fingerprint density at radius 2 is 1.89 bits per heavy atom. The fraction of sp³-hybridized carbons (Fsp3) is 0.571. The number of nitrogens with zero attached hydrogens (tertiary/aromatic N) is 2. The Morgan fingerprint density at radius 1 is 1.21 bits per heavy atom. The zero-order valence-corrected chi connectivity index (χ0v) is 16.6. The number of aromatic nitrogens is 2. The van der Waals surface area contributed by atoms with Crippen molar-refractivity contribution >= 4 is 17.5 Å². The molecule has 0 saturated heterocycles. The van der Waals surface area contributed by atoms with Crippen molar-refractivity contribution in [3.63, 3.8) is 0 Å². The van der Waals surface area contributed by atoms with Crippen LogP contribution in [0.15, 0.2) is 27.8 Å². The predicted octanol–water partition coefficient (Wildman–Crippen LogP) is 4.66. The normalized spacial score (nSPS) is 30.6. The van der Waals surface area contributed by atoms with Gasteiger partial charge in [0.1, 0.15) is 0 Å². The van der Waals surface area contributed by atoms with Crippen LogP contribution in [0.4, 0.5) is 4.39 Å². The number of thioether (sulfide) groups is 1. The van der Waals surface area contributed by atoms with Crippen LogP contribution in [-0.4, -0.2) is 28.8 Å². The summed E-state index contributed by atoms with van der Waals surface area (Å²) in [5.41, 5.74) is 0.371. The van der Waals surface area contributed by atoms with Gasteiger partial charge in [-0.15, -0.1) is 10.2 Å². The van der Waals surface area contributed by atoms with Crippen molar-refractivity contribution in [2.24, 2.45) is 17.8 Å². The Hall–Kier alpha value is -1.89. The molecule has 4 aliphatic rings. The van der Waals surface area contributed by atoms with Gasteiger partial charge in [0.05, 0.1) is 12.9 Å². The Morgan fingerprint density at radius 3 is 2.50 bits per heavy atom. The first-order valence-electron chi connectivity index (χ1n) is 9.88. The number of halogens is 1. The molecule has 148 valence electrons. The van der Waals surface area contributed by atoms with Crippen LogP contribution < -0.4 is 4.74 Å². The molecule has 0 unspecified atom stereocenters. The van der Waals surface area contributed by atoms with E-state index >= 15 is 0 Å². The molecule has 5 nitrogen and oxygen atoms in total. The van der Waals surface area contributed by atoms with Crippen LogP contribution in [-0.2, 0) is 5.41 Å². The average molecular weight is 402 g/mol. The molecule has 7 heteroatoms.